The van der Waals surface area contributed by atoms with Crippen molar-refractivity contribution >= 4 is 33.6 Å². The molecule has 0 saturated heterocycles. The highest BCUT2D eigenvalue weighted by molar-refractivity contribution is 9.10. The number of hydrogen-bond donors (Lipinski definition) is 0. The zero-order valence-corrected chi connectivity index (χ0v) is 9.05. The summed E-state index contributed by atoms with van der Waals surface area (Å²) in [7, 11) is 0. The molecule has 0 atom stereocenters. The van der Waals surface area contributed by atoms with Crippen molar-refractivity contribution in [2.75, 3.05) is 0 Å². The summed E-state index contributed by atoms with van der Waals surface area (Å²) < 4.78 is 13.7. The monoisotopic (exact) mass is 279 g/mol. The van der Waals surface area contributed by atoms with Gasteiger partial charge in [-0.05, 0) is 12.1 Å². The molecule has 0 aliphatic rings. The van der Waals surface area contributed by atoms with Gasteiger partial charge in [0.15, 0.2) is 0 Å². The Morgan fingerprint density at radius 1 is 1.57 bits per heavy atom. The highest BCUT2D eigenvalue weighted by Gasteiger charge is 2.08. The first kappa shape index (κ1) is 11.1. The Labute approximate surface area is 92.5 Å². The zero-order valence-electron chi connectivity index (χ0n) is 6.71. The molecule has 3 nitrogen and oxygen atoms in total. The second-order valence-electron chi connectivity index (χ2n) is 2.36. The summed E-state index contributed by atoms with van der Waals surface area (Å²) in [6.45, 7) is 0. The lowest BCUT2D eigenvalue weighted by Gasteiger charge is -2.00. The van der Waals surface area contributed by atoms with E-state index in [0.717, 1.165) is 6.08 Å². The second-order valence-corrected chi connectivity index (χ2v) is 3.62. The Bertz CT molecular complexity index is 409. The summed E-state index contributed by atoms with van der Waals surface area (Å²) in [4.78, 5) is 9.35. The normalized spacial score (nSPS) is 10.8. The molecule has 0 heterocycles. The van der Waals surface area contributed by atoms with E-state index in [2.05, 4.69) is 15.9 Å². The van der Waals surface area contributed by atoms with E-state index in [1.807, 2.05) is 0 Å². The van der Waals surface area contributed by atoms with Gasteiger partial charge in [0.1, 0.15) is 5.82 Å². The lowest BCUT2D eigenvalue weighted by Crippen LogP contribution is -1.88. The molecular weight excluding hydrogens is 276 g/mol. The predicted octanol–water partition coefficient (Wildman–Crippen LogP) is 3.49. The van der Waals surface area contributed by atoms with Crippen LogP contribution in [0.3, 0.4) is 0 Å². The fourth-order valence-corrected chi connectivity index (χ4v) is 1.43. The van der Waals surface area contributed by atoms with Gasteiger partial charge >= 0.3 is 0 Å². The maximum absolute atomic E-state index is 13.3. The molecule has 0 N–H and O–H groups in total. The molecule has 1 rings (SSSR count). The van der Waals surface area contributed by atoms with Crippen molar-refractivity contribution < 1.29 is 9.31 Å². The first-order valence-corrected chi connectivity index (χ1v) is 4.64. The second kappa shape index (κ2) is 4.52. The van der Waals surface area contributed by atoms with Crippen molar-refractivity contribution in [1.82, 2.24) is 0 Å². The number of nitro groups is 1. The van der Waals surface area contributed by atoms with E-state index in [4.69, 9.17) is 11.6 Å². The van der Waals surface area contributed by atoms with Crippen molar-refractivity contribution in [2.24, 2.45) is 0 Å². The van der Waals surface area contributed by atoms with Crippen LogP contribution in [0, 0.1) is 15.9 Å². The van der Waals surface area contributed by atoms with Crippen molar-refractivity contribution in [3.63, 3.8) is 0 Å². The van der Waals surface area contributed by atoms with Crippen LogP contribution in [-0.4, -0.2) is 4.92 Å². The van der Waals surface area contributed by atoms with E-state index < -0.39 is 10.7 Å². The average Bonchev–Trinajstić information content (AvgIpc) is 2.11. The van der Waals surface area contributed by atoms with Crippen LogP contribution in [0.5, 0.6) is 0 Å². The van der Waals surface area contributed by atoms with Crippen LogP contribution in [0.15, 0.2) is 22.8 Å². The fourth-order valence-electron chi connectivity index (χ4n) is 0.831. The third-order valence-electron chi connectivity index (χ3n) is 1.44. The van der Waals surface area contributed by atoms with Crippen LogP contribution in [0.1, 0.15) is 5.56 Å². The predicted molar refractivity (Wildman–Crippen MR) is 55.1 cm³/mol. The molecule has 1 aromatic carbocycles. The van der Waals surface area contributed by atoms with Gasteiger partial charge in [0.25, 0.3) is 0 Å². The number of benzene rings is 1. The van der Waals surface area contributed by atoms with Gasteiger partial charge in [-0.15, -0.1) is 0 Å². The van der Waals surface area contributed by atoms with Crippen LogP contribution in [-0.2, 0) is 0 Å². The lowest BCUT2D eigenvalue weighted by molar-refractivity contribution is -0.400. The largest absolute Gasteiger partial charge is 0.259 e. The maximum atomic E-state index is 13.3. The van der Waals surface area contributed by atoms with E-state index in [-0.39, 0.29) is 10.6 Å². The molecule has 0 bridgehead atoms. The molecule has 0 fully saturated rings. The summed E-state index contributed by atoms with van der Waals surface area (Å²) in [5.41, 5.74) is 0.0641. The SMILES string of the molecule is O=[N+]([O-])/C=C/c1c(Br)ccc(Cl)c1F. The standard InChI is InChI=1S/C8H4BrClFNO2/c9-6-1-2-7(10)8(11)5(6)3-4-12(13)14/h1-4H/b4-3+. The van der Waals surface area contributed by atoms with Crippen molar-refractivity contribution in [3.8, 4) is 0 Å². The summed E-state index contributed by atoms with van der Waals surface area (Å²) >= 11 is 8.56. The average molecular weight is 280 g/mol. The minimum Gasteiger partial charge on any atom is -0.259 e. The topological polar surface area (TPSA) is 43.1 Å². The number of nitrogens with zero attached hydrogens (tertiary/aromatic N) is 1. The number of rotatable bonds is 2. The van der Waals surface area contributed by atoms with E-state index in [1.54, 1.807) is 0 Å². The molecule has 6 heteroatoms. The summed E-state index contributed by atoms with van der Waals surface area (Å²) in [6, 6.07) is 2.88. The minimum atomic E-state index is -0.681. The van der Waals surface area contributed by atoms with Gasteiger partial charge in [-0.2, -0.15) is 0 Å². The van der Waals surface area contributed by atoms with E-state index in [1.165, 1.54) is 12.1 Å². The molecule has 1 aromatic rings. The smallest absolute Gasteiger partial charge is 0.235 e. The van der Waals surface area contributed by atoms with Gasteiger partial charge in [0, 0.05) is 16.1 Å². The van der Waals surface area contributed by atoms with Crippen LogP contribution < -0.4 is 0 Å². The van der Waals surface area contributed by atoms with E-state index in [9.17, 15) is 14.5 Å². The van der Waals surface area contributed by atoms with Gasteiger partial charge in [-0.1, -0.05) is 27.5 Å². The van der Waals surface area contributed by atoms with Crippen molar-refractivity contribution in [2.45, 2.75) is 0 Å². The molecule has 0 aromatic heterocycles. The molecule has 74 valence electrons. The minimum absolute atomic E-state index is 0.0641. The van der Waals surface area contributed by atoms with Crippen LogP contribution in [0.4, 0.5) is 4.39 Å². The molecule has 0 aliphatic heterocycles. The Balaban J connectivity index is 3.19. The quantitative estimate of drug-likeness (QED) is 0.473. The Kier molecular flexibility index (Phi) is 3.60. The van der Waals surface area contributed by atoms with E-state index in [0.29, 0.717) is 10.7 Å². The molecule has 14 heavy (non-hydrogen) atoms. The van der Waals surface area contributed by atoms with Crippen LogP contribution in [0.25, 0.3) is 6.08 Å². The van der Waals surface area contributed by atoms with Crippen LogP contribution >= 0.6 is 27.5 Å². The highest BCUT2D eigenvalue weighted by Crippen LogP contribution is 2.26. The van der Waals surface area contributed by atoms with E-state index >= 15 is 0 Å². The third-order valence-corrected chi connectivity index (χ3v) is 2.43. The molecule has 0 saturated carbocycles. The molecule has 0 unspecified atom stereocenters. The third kappa shape index (κ3) is 2.52. The highest BCUT2D eigenvalue weighted by atomic mass is 79.9. The Morgan fingerprint density at radius 3 is 2.79 bits per heavy atom. The molecule has 0 spiro atoms. The molecule has 0 aliphatic carbocycles. The summed E-state index contributed by atoms with van der Waals surface area (Å²) in [5.74, 6) is -0.681. The first-order chi connectivity index (χ1) is 6.52. The number of halogens is 3. The van der Waals surface area contributed by atoms with Crippen LogP contribution in [0.2, 0.25) is 5.02 Å². The van der Waals surface area contributed by atoms with Crippen molar-refractivity contribution in [1.29, 1.82) is 0 Å². The molecular formula is C8H4BrClFNO2. The maximum Gasteiger partial charge on any atom is 0.235 e. The summed E-state index contributed by atoms with van der Waals surface area (Å²) in [6.07, 6.45) is 1.70. The Hall–Kier alpha value is -0.940. The molecule has 0 amide bonds. The summed E-state index contributed by atoms with van der Waals surface area (Å²) in [5, 5.41) is 9.96. The van der Waals surface area contributed by atoms with Gasteiger partial charge < -0.3 is 0 Å². The van der Waals surface area contributed by atoms with Gasteiger partial charge in [-0.3, -0.25) is 10.1 Å². The zero-order chi connectivity index (χ0) is 10.7. The lowest BCUT2D eigenvalue weighted by atomic mass is 10.2. The molecule has 0 radical (unpaired) electrons. The van der Waals surface area contributed by atoms with Gasteiger partial charge in [0.2, 0.25) is 6.20 Å². The van der Waals surface area contributed by atoms with Gasteiger partial charge in [-0.25, -0.2) is 4.39 Å². The Morgan fingerprint density at radius 2 is 2.21 bits per heavy atom. The fraction of sp³-hybridized carbons (Fsp3) is 0. The number of hydrogen-bond acceptors (Lipinski definition) is 2. The van der Waals surface area contributed by atoms with Gasteiger partial charge in [0.05, 0.1) is 9.95 Å². The van der Waals surface area contributed by atoms with Crippen molar-refractivity contribution in [3.05, 3.63) is 49.3 Å². The first-order valence-electron chi connectivity index (χ1n) is 3.47.